The first kappa shape index (κ1) is 23.7. The first-order chi connectivity index (χ1) is 11.3. The van der Waals surface area contributed by atoms with E-state index in [1.165, 1.54) is 0 Å². The smallest absolute Gasteiger partial charge is 0.246 e. The summed E-state index contributed by atoms with van der Waals surface area (Å²) in [6.07, 6.45) is 1.79. The Hall–Kier alpha value is -1.27. The average Bonchev–Trinajstić information content (AvgIpc) is 2.52. The molecular formula is C19H29NO4V. The molecule has 0 aromatic heterocycles. The molecular weight excluding hydrogens is 357 g/mol. The monoisotopic (exact) mass is 386 g/mol. The predicted molar refractivity (Wildman–Crippen MR) is 95.1 cm³/mol. The summed E-state index contributed by atoms with van der Waals surface area (Å²) in [6.45, 7) is 11.0. The molecule has 0 saturated heterocycles. The number of hydrogen-bond donors (Lipinski definition) is 2. The van der Waals surface area contributed by atoms with E-state index in [0.29, 0.717) is 31.9 Å². The van der Waals surface area contributed by atoms with Crippen molar-refractivity contribution >= 4 is 5.91 Å². The molecule has 6 heteroatoms. The number of ether oxygens (including phenoxy) is 2. The third-order valence-electron chi connectivity index (χ3n) is 3.43. The number of unbranched alkanes of at least 4 members (excludes halogenated alkanes) is 1. The Morgan fingerprint density at radius 1 is 1.16 bits per heavy atom. The van der Waals surface area contributed by atoms with Crippen LogP contribution in [0.5, 0.6) is 5.75 Å². The van der Waals surface area contributed by atoms with Gasteiger partial charge >= 0.3 is 0 Å². The molecule has 5 nitrogen and oxygen atoms in total. The Morgan fingerprint density at radius 3 is 2.32 bits per heavy atom. The van der Waals surface area contributed by atoms with Crippen molar-refractivity contribution in [1.29, 1.82) is 0 Å². The summed E-state index contributed by atoms with van der Waals surface area (Å²) in [6, 6.07) is 7.48. The Kier molecular flexibility index (Phi) is 11.5. The Morgan fingerprint density at radius 2 is 1.76 bits per heavy atom. The summed E-state index contributed by atoms with van der Waals surface area (Å²) in [5.41, 5.74) is 0.532. The molecule has 1 aromatic rings. The van der Waals surface area contributed by atoms with Crippen LogP contribution in [0.2, 0.25) is 0 Å². The maximum absolute atomic E-state index is 11.2. The van der Waals surface area contributed by atoms with Crippen molar-refractivity contribution in [3.63, 3.8) is 0 Å². The van der Waals surface area contributed by atoms with Crippen LogP contribution in [0, 0.1) is 0 Å². The van der Waals surface area contributed by atoms with Crippen LogP contribution in [-0.4, -0.2) is 37.4 Å². The van der Waals surface area contributed by atoms with Gasteiger partial charge in [0, 0.05) is 37.3 Å². The van der Waals surface area contributed by atoms with Gasteiger partial charge in [-0.3, -0.25) is 4.79 Å². The normalized spacial score (nSPS) is 10.7. The van der Waals surface area contributed by atoms with Crippen LogP contribution >= 0.6 is 0 Å². The molecule has 25 heavy (non-hydrogen) atoms. The molecule has 0 atom stereocenters. The van der Waals surface area contributed by atoms with Gasteiger partial charge in [-0.2, -0.15) is 0 Å². The van der Waals surface area contributed by atoms with E-state index in [1.54, 1.807) is 20.8 Å². The van der Waals surface area contributed by atoms with Gasteiger partial charge in [0.15, 0.2) is 0 Å². The van der Waals surface area contributed by atoms with Crippen LogP contribution in [0.25, 0.3) is 0 Å². The van der Waals surface area contributed by atoms with E-state index in [-0.39, 0.29) is 24.5 Å². The number of benzene rings is 1. The molecule has 1 rings (SSSR count). The van der Waals surface area contributed by atoms with E-state index in [2.05, 4.69) is 11.9 Å². The van der Waals surface area contributed by atoms with Gasteiger partial charge in [-0.15, -0.1) is 0 Å². The molecule has 0 saturated carbocycles. The van der Waals surface area contributed by atoms with Crippen LogP contribution < -0.4 is 10.1 Å². The maximum atomic E-state index is 11.2. The third kappa shape index (κ3) is 10.3. The van der Waals surface area contributed by atoms with Crippen molar-refractivity contribution in [3.05, 3.63) is 42.0 Å². The summed E-state index contributed by atoms with van der Waals surface area (Å²) >= 11 is 0. The van der Waals surface area contributed by atoms with E-state index in [4.69, 9.17) is 9.47 Å². The van der Waals surface area contributed by atoms with Crippen molar-refractivity contribution < 1.29 is 37.9 Å². The van der Waals surface area contributed by atoms with Gasteiger partial charge in [-0.1, -0.05) is 18.7 Å². The van der Waals surface area contributed by atoms with Crippen LogP contribution in [0.15, 0.2) is 36.4 Å². The molecule has 0 heterocycles. The van der Waals surface area contributed by atoms with E-state index in [9.17, 15) is 9.90 Å². The molecule has 139 valence electrons. The van der Waals surface area contributed by atoms with Gasteiger partial charge in [0.05, 0.1) is 18.8 Å². The second-order valence-corrected chi connectivity index (χ2v) is 6.29. The van der Waals surface area contributed by atoms with Gasteiger partial charge < -0.3 is 19.9 Å². The number of carbonyl (C=O) groups excluding carboxylic acids is 1. The van der Waals surface area contributed by atoms with E-state index >= 15 is 0 Å². The second-order valence-electron chi connectivity index (χ2n) is 6.29. The van der Waals surface area contributed by atoms with Crippen molar-refractivity contribution in [3.8, 4) is 5.75 Å². The minimum absolute atomic E-state index is 0. The summed E-state index contributed by atoms with van der Waals surface area (Å²) in [5.74, 6) is 0.661. The van der Waals surface area contributed by atoms with Crippen molar-refractivity contribution in [2.24, 2.45) is 0 Å². The third-order valence-corrected chi connectivity index (χ3v) is 3.43. The summed E-state index contributed by atoms with van der Waals surface area (Å²) < 4.78 is 11.1. The Bertz CT molecular complexity index is 523. The first-order valence-electron chi connectivity index (χ1n) is 8.28. The SMILES string of the molecule is C=C(C)C(=O)NCCOCCCCOc1ccc(C(C)(C)O)cc1.[V]. The predicted octanol–water partition coefficient (Wildman–Crippen LogP) is 2.78. The minimum Gasteiger partial charge on any atom is -0.494 e. The zero-order chi connectivity index (χ0) is 18.0. The van der Waals surface area contributed by atoms with Crippen LogP contribution in [0.1, 0.15) is 39.2 Å². The summed E-state index contributed by atoms with van der Waals surface area (Å²) in [7, 11) is 0. The number of amides is 1. The fourth-order valence-electron chi connectivity index (χ4n) is 1.94. The van der Waals surface area contributed by atoms with Crippen molar-refractivity contribution in [2.75, 3.05) is 26.4 Å². The topological polar surface area (TPSA) is 67.8 Å². The van der Waals surface area contributed by atoms with Crippen molar-refractivity contribution in [2.45, 2.75) is 39.2 Å². The van der Waals surface area contributed by atoms with E-state index in [1.807, 2.05) is 24.3 Å². The number of rotatable bonds is 11. The Labute approximate surface area is 162 Å². The second kappa shape index (κ2) is 12.1. The molecule has 0 fully saturated rings. The molecule has 0 spiro atoms. The molecule has 0 aliphatic rings. The van der Waals surface area contributed by atoms with Gasteiger partial charge in [0.2, 0.25) is 5.91 Å². The minimum atomic E-state index is -0.834. The maximum Gasteiger partial charge on any atom is 0.246 e. The zero-order valence-corrected chi connectivity index (χ0v) is 16.8. The van der Waals surface area contributed by atoms with Crippen molar-refractivity contribution in [1.82, 2.24) is 5.32 Å². The molecule has 0 bridgehead atoms. The summed E-state index contributed by atoms with van der Waals surface area (Å²) in [5, 5.41) is 12.6. The molecule has 1 amide bonds. The van der Waals surface area contributed by atoms with E-state index in [0.717, 1.165) is 24.2 Å². The molecule has 2 N–H and O–H groups in total. The number of aliphatic hydroxyl groups is 1. The van der Waals surface area contributed by atoms with Gasteiger partial charge in [0.1, 0.15) is 5.75 Å². The summed E-state index contributed by atoms with van der Waals surface area (Å²) in [4.78, 5) is 11.2. The number of hydrogen-bond acceptors (Lipinski definition) is 4. The van der Waals surface area contributed by atoms with Gasteiger partial charge in [-0.05, 0) is 51.3 Å². The van der Waals surface area contributed by atoms with Crippen LogP contribution in [-0.2, 0) is 33.7 Å². The standard InChI is InChI=1S/C19H29NO4.V/c1-15(2)18(21)20-11-14-23-12-5-6-13-24-17-9-7-16(8-10-17)19(3,4)22;/h7-10,22H,1,5-6,11-14H2,2-4H3,(H,20,21);. The largest absolute Gasteiger partial charge is 0.494 e. The van der Waals surface area contributed by atoms with Crippen LogP contribution in [0.4, 0.5) is 0 Å². The first-order valence-corrected chi connectivity index (χ1v) is 8.28. The van der Waals surface area contributed by atoms with Crippen LogP contribution in [0.3, 0.4) is 0 Å². The van der Waals surface area contributed by atoms with Gasteiger partial charge in [-0.25, -0.2) is 0 Å². The van der Waals surface area contributed by atoms with E-state index < -0.39 is 5.60 Å². The quantitative estimate of drug-likeness (QED) is 0.453. The molecule has 0 aliphatic carbocycles. The molecule has 1 aromatic carbocycles. The number of carbonyl (C=O) groups is 1. The average molecular weight is 386 g/mol. The zero-order valence-electron chi connectivity index (χ0n) is 15.4. The Balaban J connectivity index is 0.00000576. The fraction of sp³-hybridized carbons (Fsp3) is 0.526. The van der Waals surface area contributed by atoms with Gasteiger partial charge in [0.25, 0.3) is 0 Å². The fourth-order valence-corrected chi connectivity index (χ4v) is 1.94. The molecule has 1 radical (unpaired) electrons. The molecule has 0 aliphatic heterocycles. The molecule has 0 unspecified atom stereocenters. The number of nitrogens with one attached hydrogen (secondary N) is 1.